The fraction of sp³-hybridized carbons (Fsp3) is 0.786. The molecule has 1 heterocycles. The van der Waals surface area contributed by atoms with Crippen LogP contribution in [0.25, 0.3) is 0 Å². The highest BCUT2D eigenvalue weighted by Gasteiger charge is 2.13. The number of nitrogens with two attached hydrogens (primary N) is 1. The molecule has 0 aromatic heterocycles. The number of hydrogen-bond acceptors (Lipinski definition) is 2. The Morgan fingerprint density at radius 3 is 2.79 bits per heavy atom. The Kier molecular flexibility index (Phi) is 7.75. The third kappa shape index (κ3) is 6.12. The molecule has 1 aliphatic heterocycles. The quantitative estimate of drug-likeness (QED) is 0.342. The van der Waals surface area contributed by atoms with Crippen LogP contribution in [0, 0.1) is 0 Å². The number of halogens is 1. The predicted octanol–water partition coefficient (Wildman–Crippen LogP) is 2.10. The number of likely N-dealkylation sites (N-methyl/N-ethyl adjacent to an activating group) is 1. The average Bonchev–Trinajstić information content (AvgIpc) is 2.39. The third-order valence-electron chi connectivity index (χ3n) is 3.92. The maximum Gasteiger partial charge on any atom is 0.189 e. The first-order valence-corrected chi connectivity index (χ1v) is 7.17. The van der Waals surface area contributed by atoms with Gasteiger partial charge in [0.2, 0.25) is 0 Å². The highest BCUT2D eigenvalue weighted by Crippen LogP contribution is 2.17. The van der Waals surface area contributed by atoms with Gasteiger partial charge in [0.1, 0.15) is 0 Å². The van der Waals surface area contributed by atoms with Gasteiger partial charge in [-0.1, -0.05) is 30.9 Å². The molecule has 19 heavy (non-hydrogen) atoms. The lowest BCUT2D eigenvalue weighted by atomic mass is 9.96. The van der Waals surface area contributed by atoms with Gasteiger partial charge in [0.15, 0.2) is 5.96 Å². The summed E-state index contributed by atoms with van der Waals surface area (Å²) >= 11 is 0. The van der Waals surface area contributed by atoms with E-state index >= 15 is 0 Å². The molecule has 0 aromatic carbocycles. The van der Waals surface area contributed by atoms with Crippen molar-refractivity contribution in [3.8, 4) is 0 Å². The van der Waals surface area contributed by atoms with Crippen LogP contribution in [-0.2, 0) is 0 Å². The number of rotatable bonds is 3. The van der Waals surface area contributed by atoms with Crippen LogP contribution in [0.1, 0.15) is 38.5 Å². The third-order valence-corrected chi connectivity index (χ3v) is 3.92. The minimum absolute atomic E-state index is 0. The van der Waals surface area contributed by atoms with E-state index in [1.807, 2.05) is 0 Å². The van der Waals surface area contributed by atoms with Crippen LogP contribution < -0.4 is 11.1 Å². The van der Waals surface area contributed by atoms with Gasteiger partial charge in [-0.25, -0.2) is 4.99 Å². The number of nitrogens with one attached hydrogen (secondary N) is 1. The Morgan fingerprint density at radius 2 is 2.16 bits per heavy atom. The second-order valence-electron chi connectivity index (χ2n) is 5.56. The topological polar surface area (TPSA) is 53.6 Å². The Morgan fingerprint density at radius 1 is 1.42 bits per heavy atom. The minimum Gasteiger partial charge on any atom is -0.370 e. The number of guanidine groups is 1. The molecule has 0 atom stereocenters. The summed E-state index contributed by atoms with van der Waals surface area (Å²) in [5.41, 5.74) is 7.37. The molecule has 0 saturated heterocycles. The smallest absolute Gasteiger partial charge is 0.189 e. The molecule has 2 rings (SSSR count). The lowest BCUT2D eigenvalue weighted by Gasteiger charge is -2.23. The Labute approximate surface area is 133 Å². The van der Waals surface area contributed by atoms with Crippen LogP contribution in [0.3, 0.4) is 0 Å². The van der Waals surface area contributed by atoms with E-state index in [0.29, 0.717) is 12.0 Å². The Balaban J connectivity index is 0.00000180. The van der Waals surface area contributed by atoms with Gasteiger partial charge in [-0.15, -0.1) is 24.0 Å². The SMILES string of the molecule is CN1CC=C(CN=C(N)NC2CCCCC2)CC1.I. The molecular formula is C14H27IN4. The van der Waals surface area contributed by atoms with Crippen molar-refractivity contribution in [3.63, 3.8) is 0 Å². The summed E-state index contributed by atoms with van der Waals surface area (Å²) in [7, 11) is 2.15. The zero-order chi connectivity index (χ0) is 12.8. The van der Waals surface area contributed by atoms with E-state index in [4.69, 9.17) is 5.73 Å². The van der Waals surface area contributed by atoms with Crippen molar-refractivity contribution in [2.75, 3.05) is 26.7 Å². The standard InChI is InChI=1S/C14H26N4.HI/c1-18-9-7-12(8-10-18)11-16-14(15)17-13-5-3-2-4-6-13;/h7,13H,2-6,8-11H2,1H3,(H3,15,16,17);1H. The monoisotopic (exact) mass is 378 g/mol. The van der Waals surface area contributed by atoms with E-state index in [1.54, 1.807) is 0 Å². The van der Waals surface area contributed by atoms with Crippen LogP contribution in [0.2, 0.25) is 0 Å². The van der Waals surface area contributed by atoms with Gasteiger partial charge in [-0.2, -0.15) is 0 Å². The summed E-state index contributed by atoms with van der Waals surface area (Å²) < 4.78 is 0. The van der Waals surface area contributed by atoms with Crippen molar-refractivity contribution < 1.29 is 0 Å². The molecule has 0 bridgehead atoms. The molecule has 0 unspecified atom stereocenters. The van der Waals surface area contributed by atoms with Gasteiger partial charge in [0.05, 0.1) is 6.54 Å². The number of nitrogens with zero attached hydrogens (tertiary/aromatic N) is 2. The zero-order valence-corrected chi connectivity index (χ0v) is 14.2. The molecule has 4 nitrogen and oxygen atoms in total. The lowest BCUT2D eigenvalue weighted by Crippen LogP contribution is -2.41. The van der Waals surface area contributed by atoms with Crippen molar-refractivity contribution >= 4 is 29.9 Å². The van der Waals surface area contributed by atoms with Crippen molar-refractivity contribution in [1.29, 1.82) is 0 Å². The van der Waals surface area contributed by atoms with E-state index in [0.717, 1.165) is 26.1 Å². The van der Waals surface area contributed by atoms with Crippen molar-refractivity contribution in [3.05, 3.63) is 11.6 Å². The van der Waals surface area contributed by atoms with Crippen LogP contribution in [0.15, 0.2) is 16.6 Å². The lowest BCUT2D eigenvalue weighted by molar-refractivity contribution is 0.358. The molecule has 110 valence electrons. The molecule has 0 amide bonds. The molecule has 0 aromatic rings. The van der Waals surface area contributed by atoms with Gasteiger partial charge in [0.25, 0.3) is 0 Å². The van der Waals surface area contributed by atoms with Crippen LogP contribution in [-0.4, -0.2) is 43.6 Å². The Bertz CT molecular complexity index is 321. The predicted molar refractivity (Wildman–Crippen MR) is 92.1 cm³/mol. The minimum atomic E-state index is 0. The van der Waals surface area contributed by atoms with Gasteiger partial charge < -0.3 is 16.0 Å². The molecule has 0 radical (unpaired) electrons. The highest BCUT2D eigenvalue weighted by molar-refractivity contribution is 14.0. The first-order valence-electron chi connectivity index (χ1n) is 7.17. The molecule has 2 aliphatic rings. The van der Waals surface area contributed by atoms with E-state index in [1.165, 1.54) is 37.7 Å². The molecular weight excluding hydrogens is 351 g/mol. The largest absolute Gasteiger partial charge is 0.370 e. The Hall–Kier alpha value is -0.300. The molecule has 3 N–H and O–H groups in total. The second-order valence-corrected chi connectivity index (χ2v) is 5.56. The van der Waals surface area contributed by atoms with Gasteiger partial charge in [-0.3, -0.25) is 0 Å². The summed E-state index contributed by atoms with van der Waals surface area (Å²) in [6, 6.07) is 0.550. The average molecular weight is 378 g/mol. The molecule has 0 spiro atoms. The second kappa shape index (κ2) is 8.79. The summed E-state index contributed by atoms with van der Waals surface area (Å²) in [6.45, 7) is 2.94. The van der Waals surface area contributed by atoms with Crippen molar-refractivity contribution in [1.82, 2.24) is 10.2 Å². The van der Waals surface area contributed by atoms with Gasteiger partial charge >= 0.3 is 0 Å². The van der Waals surface area contributed by atoms with Crippen molar-refractivity contribution in [2.45, 2.75) is 44.6 Å². The first-order chi connectivity index (χ1) is 8.74. The molecule has 1 aliphatic carbocycles. The summed E-state index contributed by atoms with van der Waals surface area (Å²) in [5.74, 6) is 0.627. The molecule has 1 fully saturated rings. The molecule has 5 heteroatoms. The summed E-state index contributed by atoms with van der Waals surface area (Å²) in [4.78, 5) is 6.78. The first kappa shape index (κ1) is 16.8. The summed E-state index contributed by atoms with van der Waals surface area (Å²) in [6.07, 6.45) is 9.89. The van der Waals surface area contributed by atoms with Crippen LogP contribution in [0.4, 0.5) is 0 Å². The van der Waals surface area contributed by atoms with Crippen LogP contribution in [0.5, 0.6) is 0 Å². The summed E-state index contributed by atoms with van der Waals surface area (Å²) in [5, 5.41) is 3.36. The fourth-order valence-electron chi connectivity index (χ4n) is 2.64. The van der Waals surface area contributed by atoms with E-state index in [2.05, 4.69) is 28.3 Å². The highest BCUT2D eigenvalue weighted by atomic mass is 127. The van der Waals surface area contributed by atoms with E-state index in [9.17, 15) is 0 Å². The van der Waals surface area contributed by atoms with Crippen LogP contribution >= 0.6 is 24.0 Å². The zero-order valence-electron chi connectivity index (χ0n) is 11.9. The number of aliphatic imine (C=N–C) groups is 1. The van der Waals surface area contributed by atoms with Crippen molar-refractivity contribution in [2.24, 2.45) is 10.7 Å². The van der Waals surface area contributed by atoms with E-state index in [-0.39, 0.29) is 24.0 Å². The normalized spacial score (nSPS) is 22.6. The van der Waals surface area contributed by atoms with Gasteiger partial charge in [0, 0.05) is 19.1 Å². The van der Waals surface area contributed by atoms with E-state index < -0.39 is 0 Å². The number of hydrogen-bond donors (Lipinski definition) is 2. The molecule has 1 saturated carbocycles. The van der Waals surface area contributed by atoms with Gasteiger partial charge in [-0.05, 0) is 26.3 Å². The fourth-order valence-corrected chi connectivity index (χ4v) is 2.64. The maximum absolute atomic E-state index is 5.95. The maximum atomic E-state index is 5.95.